The maximum absolute atomic E-state index is 12.6. The average molecular weight is 256 g/mol. The molecule has 0 aliphatic carbocycles. The maximum Gasteiger partial charge on any atom is 0.324 e. The fourth-order valence-electron chi connectivity index (χ4n) is 1.69. The number of nitrogens with one attached hydrogen (secondary N) is 2. The summed E-state index contributed by atoms with van der Waals surface area (Å²) in [5, 5.41) is 4.95. The van der Waals surface area contributed by atoms with Gasteiger partial charge in [-0.15, -0.1) is 0 Å². The van der Waals surface area contributed by atoms with Gasteiger partial charge in [-0.25, -0.2) is 8.78 Å². The van der Waals surface area contributed by atoms with Crippen LogP contribution >= 0.6 is 0 Å². The van der Waals surface area contributed by atoms with Crippen LogP contribution in [0.15, 0.2) is 0 Å². The highest BCUT2D eigenvalue weighted by atomic mass is 19.3. The molecule has 1 rings (SSSR count). The van der Waals surface area contributed by atoms with Crippen molar-refractivity contribution in [2.75, 3.05) is 19.6 Å². The summed E-state index contributed by atoms with van der Waals surface area (Å²) in [6.45, 7) is 1.58. The second-order valence-electron chi connectivity index (χ2n) is 4.56. The SMILES string of the molecule is CC1(C(=O)NCC(F)(F)C(F)F)CCNCC1. The number of hydrogen-bond donors (Lipinski definition) is 2. The van der Waals surface area contributed by atoms with Crippen molar-refractivity contribution < 1.29 is 22.4 Å². The van der Waals surface area contributed by atoms with E-state index < -0.39 is 30.2 Å². The molecule has 0 saturated carbocycles. The number of piperidine rings is 1. The molecule has 100 valence electrons. The topological polar surface area (TPSA) is 41.1 Å². The Hall–Kier alpha value is -0.850. The fraction of sp³-hybridized carbons (Fsp3) is 0.900. The van der Waals surface area contributed by atoms with Gasteiger partial charge in [0.15, 0.2) is 0 Å². The summed E-state index contributed by atoms with van der Waals surface area (Å²) in [6, 6.07) is 0. The molecule has 1 aliphatic rings. The molecule has 3 nitrogen and oxygen atoms in total. The van der Waals surface area contributed by atoms with Crippen molar-refractivity contribution in [1.82, 2.24) is 10.6 Å². The third-order valence-corrected chi connectivity index (χ3v) is 3.06. The maximum atomic E-state index is 12.6. The van der Waals surface area contributed by atoms with Crippen molar-refractivity contribution in [2.24, 2.45) is 5.41 Å². The van der Waals surface area contributed by atoms with Crippen LogP contribution in [-0.4, -0.2) is 37.9 Å². The Morgan fingerprint density at radius 1 is 1.41 bits per heavy atom. The largest absolute Gasteiger partial charge is 0.349 e. The lowest BCUT2D eigenvalue weighted by Gasteiger charge is -2.33. The molecule has 0 aromatic carbocycles. The minimum atomic E-state index is -4.17. The number of rotatable bonds is 4. The first-order valence-electron chi connectivity index (χ1n) is 5.43. The van der Waals surface area contributed by atoms with Crippen molar-refractivity contribution >= 4 is 5.91 Å². The minimum absolute atomic E-state index is 0.513. The van der Waals surface area contributed by atoms with Gasteiger partial charge >= 0.3 is 12.3 Å². The monoisotopic (exact) mass is 256 g/mol. The Labute approximate surface area is 96.9 Å². The predicted molar refractivity (Wildman–Crippen MR) is 54.2 cm³/mol. The zero-order valence-corrected chi connectivity index (χ0v) is 9.53. The second kappa shape index (κ2) is 5.20. The molecule has 7 heteroatoms. The summed E-state index contributed by atoms with van der Waals surface area (Å²) in [7, 11) is 0. The van der Waals surface area contributed by atoms with Gasteiger partial charge in [-0.2, -0.15) is 8.78 Å². The van der Waals surface area contributed by atoms with Gasteiger partial charge in [-0.05, 0) is 25.9 Å². The Morgan fingerprint density at radius 3 is 2.41 bits per heavy atom. The first-order valence-corrected chi connectivity index (χ1v) is 5.43. The minimum Gasteiger partial charge on any atom is -0.349 e. The Morgan fingerprint density at radius 2 is 1.94 bits per heavy atom. The van der Waals surface area contributed by atoms with Gasteiger partial charge in [0, 0.05) is 5.41 Å². The smallest absolute Gasteiger partial charge is 0.324 e. The number of amides is 1. The average Bonchev–Trinajstić information content (AvgIpc) is 2.26. The molecular weight excluding hydrogens is 240 g/mol. The summed E-state index contributed by atoms with van der Waals surface area (Å²) in [6.07, 6.45) is -2.73. The van der Waals surface area contributed by atoms with Crippen LogP contribution in [0.2, 0.25) is 0 Å². The summed E-state index contributed by atoms with van der Waals surface area (Å²) < 4.78 is 49.0. The molecule has 0 atom stereocenters. The van der Waals surface area contributed by atoms with Crippen LogP contribution in [0, 0.1) is 5.41 Å². The third kappa shape index (κ3) is 3.55. The molecule has 0 aromatic heterocycles. The molecule has 1 heterocycles. The van der Waals surface area contributed by atoms with Crippen LogP contribution in [0.5, 0.6) is 0 Å². The lowest BCUT2D eigenvalue weighted by atomic mass is 9.80. The van der Waals surface area contributed by atoms with E-state index in [1.54, 1.807) is 6.92 Å². The number of alkyl halides is 4. The molecule has 0 spiro atoms. The van der Waals surface area contributed by atoms with Crippen molar-refractivity contribution in [1.29, 1.82) is 0 Å². The fourth-order valence-corrected chi connectivity index (χ4v) is 1.69. The summed E-state index contributed by atoms with van der Waals surface area (Å²) in [5.74, 6) is -4.75. The Bertz CT molecular complexity index is 277. The standard InChI is InChI=1S/C10H16F4N2O/c1-9(2-4-15-5-3-9)8(17)16-6-10(13,14)7(11)12/h7,15H,2-6H2,1H3,(H,16,17). The van der Waals surface area contributed by atoms with Gasteiger partial charge in [-0.3, -0.25) is 4.79 Å². The van der Waals surface area contributed by atoms with E-state index >= 15 is 0 Å². The zero-order chi connectivity index (χ0) is 13.1. The molecule has 1 fully saturated rings. The normalized spacial score (nSPS) is 20.4. The lowest BCUT2D eigenvalue weighted by Crippen LogP contribution is -2.49. The molecule has 0 aromatic rings. The number of halogens is 4. The van der Waals surface area contributed by atoms with Crippen molar-refractivity contribution in [2.45, 2.75) is 32.1 Å². The van der Waals surface area contributed by atoms with Gasteiger partial charge in [0.25, 0.3) is 0 Å². The van der Waals surface area contributed by atoms with E-state index in [1.807, 2.05) is 5.32 Å². The van der Waals surface area contributed by atoms with E-state index in [2.05, 4.69) is 5.32 Å². The van der Waals surface area contributed by atoms with E-state index in [0.717, 1.165) is 0 Å². The Kier molecular flexibility index (Phi) is 4.35. The third-order valence-electron chi connectivity index (χ3n) is 3.06. The van der Waals surface area contributed by atoms with E-state index in [-0.39, 0.29) is 0 Å². The van der Waals surface area contributed by atoms with Gasteiger partial charge < -0.3 is 10.6 Å². The van der Waals surface area contributed by atoms with Crippen molar-refractivity contribution in [3.05, 3.63) is 0 Å². The quantitative estimate of drug-likeness (QED) is 0.746. The number of carbonyl (C=O) groups excluding carboxylic acids is 1. The van der Waals surface area contributed by atoms with Crippen LogP contribution in [0.3, 0.4) is 0 Å². The number of hydrogen-bond acceptors (Lipinski definition) is 2. The van der Waals surface area contributed by atoms with E-state index in [9.17, 15) is 22.4 Å². The first-order chi connectivity index (χ1) is 7.78. The highest BCUT2D eigenvalue weighted by molar-refractivity contribution is 5.82. The molecule has 1 amide bonds. The molecule has 0 unspecified atom stereocenters. The van der Waals surface area contributed by atoms with Crippen LogP contribution in [0.25, 0.3) is 0 Å². The van der Waals surface area contributed by atoms with Gasteiger partial charge in [0.2, 0.25) is 5.91 Å². The Balaban J connectivity index is 2.49. The molecule has 2 N–H and O–H groups in total. The summed E-state index contributed by atoms with van der Waals surface area (Å²) in [5.41, 5.74) is -0.747. The van der Waals surface area contributed by atoms with E-state index in [4.69, 9.17) is 0 Å². The molecule has 0 radical (unpaired) electrons. The highest BCUT2D eigenvalue weighted by Gasteiger charge is 2.42. The summed E-state index contributed by atoms with van der Waals surface area (Å²) in [4.78, 5) is 11.7. The molecule has 1 saturated heterocycles. The van der Waals surface area contributed by atoms with Gasteiger partial charge in [-0.1, -0.05) is 6.92 Å². The van der Waals surface area contributed by atoms with Crippen molar-refractivity contribution in [3.8, 4) is 0 Å². The van der Waals surface area contributed by atoms with E-state index in [0.29, 0.717) is 25.9 Å². The van der Waals surface area contributed by atoms with Gasteiger partial charge in [0.05, 0.1) is 6.54 Å². The van der Waals surface area contributed by atoms with E-state index in [1.165, 1.54) is 0 Å². The molecule has 1 aliphatic heterocycles. The lowest BCUT2D eigenvalue weighted by molar-refractivity contribution is -0.143. The van der Waals surface area contributed by atoms with Crippen LogP contribution < -0.4 is 10.6 Å². The van der Waals surface area contributed by atoms with Crippen molar-refractivity contribution in [3.63, 3.8) is 0 Å². The molecular formula is C10H16F4N2O. The highest BCUT2D eigenvalue weighted by Crippen LogP contribution is 2.29. The van der Waals surface area contributed by atoms with Crippen LogP contribution in [0.4, 0.5) is 17.6 Å². The first kappa shape index (κ1) is 14.2. The number of carbonyl (C=O) groups is 1. The molecule has 17 heavy (non-hydrogen) atoms. The predicted octanol–water partition coefficient (Wildman–Crippen LogP) is 1.39. The van der Waals surface area contributed by atoms with Crippen LogP contribution in [0.1, 0.15) is 19.8 Å². The van der Waals surface area contributed by atoms with Gasteiger partial charge in [0.1, 0.15) is 0 Å². The molecule has 0 bridgehead atoms. The zero-order valence-electron chi connectivity index (χ0n) is 9.53. The summed E-state index contributed by atoms with van der Waals surface area (Å²) >= 11 is 0. The second-order valence-corrected chi connectivity index (χ2v) is 4.56. The van der Waals surface area contributed by atoms with Crippen LogP contribution in [-0.2, 0) is 4.79 Å².